The van der Waals surface area contributed by atoms with Gasteiger partial charge >= 0.3 is 5.97 Å². The molecule has 0 atom stereocenters. The molecule has 28 heavy (non-hydrogen) atoms. The first kappa shape index (κ1) is 18.1. The van der Waals surface area contributed by atoms with Gasteiger partial charge < -0.3 is 19.2 Å². The summed E-state index contributed by atoms with van der Waals surface area (Å²) >= 11 is 0. The predicted molar refractivity (Wildman–Crippen MR) is 105 cm³/mol. The number of ketones is 1. The highest BCUT2D eigenvalue weighted by Gasteiger charge is 2.31. The van der Waals surface area contributed by atoms with Crippen molar-refractivity contribution in [2.75, 3.05) is 18.0 Å². The first-order valence-electron chi connectivity index (χ1n) is 9.37. The van der Waals surface area contributed by atoms with Crippen LogP contribution in [-0.4, -0.2) is 29.9 Å². The number of fused-ring (bicyclic) bond motifs is 1. The molecule has 0 aliphatic carbocycles. The predicted octanol–water partition coefficient (Wildman–Crippen LogP) is 4.29. The van der Waals surface area contributed by atoms with E-state index in [1.165, 1.54) is 13.2 Å². The highest BCUT2D eigenvalue weighted by Crippen LogP contribution is 2.47. The first-order valence-corrected chi connectivity index (χ1v) is 9.37. The maximum Gasteiger partial charge on any atom is 0.308 e. The highest BCUT2D eigenvalue weighted by atomic mass is 16.5. The molecule has 6 heteroatoms. The summed E-state index contributed by atoms with van der Waals surface area (Å²) in [5.41, 5.74) is 1.13. The normalized spacial score (nSPS) is 14.2. The number of carbonyl (C=O) groups is 2. The Labute approximate surface area is 162 Å². The van der Waals surface area contributed by atoms with Gasteiger partial charge in [0.05, 0.1) is 22.9 Å². The van der Waals surface area contributed by atoms with Crippen LogP contribution in [-0.2, 0) is 4.79 Å². The number of nitrogens with zero attached hydrogens (tertiary/aromatic N) is 1. The van der Waals surface area contributed by atoms with E-state index < -0.39 is 5.97 Å². The average molecular weight is 379 g/mol. The van der Waals surface area contributed by atoms with E-state index >= 15 is 0 Å². The van der Waals surface area contributed by atoms with E-state index in [2.05, 4.69) is 0 Å². The monoisotopic (exact) mass is 379 g/mol. The van der Waals surface area contributed by atoms with Crippen LogP contribution in [0.3, 0.4) is 0 Å². The molecule has 0 bridgehead atoms. The van der Waals surface area contributed by atoms with Gasteiger partial charge in [0.2, 0.25) is 0 Å². The molecule has 144 valence electrons. The fraction of sp³-hybridized carbons (Fsp3) is 0.273. The maximum atomic E-state index is 13.4. The molecule has 1 saturated heterocycles. The molecule has 2 heterocycles. The van der Waals surface area contributed by atoms with Gasteiger partial charge in [-0.2, -0.15) is 0 Å². The fourth-order valence-corrected chi connectivity index (χ4v) is 3.75. The smallest absolute Gasteiger partial charge is 0.308 e. The lowest BCUT2D eigenvalue weighted by atomic mass is 9.96. The number of piperidine rings is 1. The number of hydrogen-bond acceptors (Lipinski definition) is 6. The molecule has 2 aromatic carbocycles. The fourth-order valence-electron chi connectivity index (χ4n) is 3.75. The number of hydrogen-bond donors (Lipinski definition) is 1. The number of phenolic OH excluding ortho intramolecular Hbond substituents is 1. The van der Waals surface area contributed by atoms with E-state index in [4.69, 9.17) is 9.15 Å². The summed E-state index contributed by atoms with van der Waals surface area (Å²) in [7, 11) is 0. The number of benzene rings is 2. The van der Waals surface area contributed by atoms with Crippen LogP contribution >= 0.6 is 0 Å². The first-order chi connectivity index (χ1) is 13.6. The number of rotatable bonds is 4. The van der Waals surface area contributed by atoms with Crippen molar-refractivity contribution in [1.82, 2.24) is 0 Å². The van der Waals surface area contributed by atoms with Crippen molar-refractivity contribution < 1.29 is 23.8 Å². The van der Waals surface area contributed by atoms with Crippen LogP contribution in [0, 0.1) is 0 Å². The van der Waals surface area contributed by atoms with Crippen molar-refractivity contribution in [2.45, 2.75) is 26.2 Å². The number of carbonyl (C=O) groups excluding carboxylic acids is 2. The van der Waals surface area contributed by atoms with Crippen LogP contribution in [0.25, 0.3) is 11.0 Å². The van der Waals surface area contributed by atoms with Crippen LogP contribution in [0.15, 0.2) is 47.1 Å². The molecule has 1 N–H and O–H groups in total. The number of anilines is 1. The minimum absolute atomic E-state index is 0.104. The zero-order valence-corrected chi connectivity index (χ0v) is 15.6. The molecule has 0 unspecified atom stereocenters. The lowest BCUT2D eigenvalue weighted by Crippen LogP contribution is -2.31. The van der Waals surface area contributed by atoms with Gasteiger partial charge in [-0.15, -0.1) is 0 Å². The molecule has 0 amide bonds. The van der Waals surface area contributed by atoms with E-state index in [0.717, 1.165) is 19.3 Å². The van der Waals surface area contributed by atoms with Gasteiger partial charge in [0, 0.05) is 25.6 Å². The minimum Gasteiger partial charge on any atom is -0.504 e. The van der Waals surface area contributed by atoms with E-state index in [9.17, 15) is 14.7 Å². The highest BCUT2D eigenvalue weighted by molar-refractivity contribution is 6.19. The summed E-state index contributed by atoms with van der Waals surface area (Å²) in [5, 5.41) is 11.4. The molecule has 0 saturated carbocycles. The summed E-state index contributed by atoms with van der Waals surface area (Å²) < 4.78 is 11.0. The van der Waals surface area contributed by atoms with Crippen LogP contribution in [0.2, 0.25) is 0 Å². The third-order valence-electron chi connectivity index (χ3n) is 4.99. The molecule has 1 aromatic heterocycles. The van der Waals surface area contributed by atoms with Gasteiger partial charge in [0.15, 0.2) is 22.9 Å². The Morgan fingerprint density at radius 3 is 2.46 bits per heavy atom. The third-order valence-corrected chi connectivity index (χ3v) is 4.99. The summed E-state index contributed by atoms with van der Waals surface area (Å²) in [5.74, 6) is -0.810. The number of phenols is 1. The Morgan fingerprint density at radius 2 is 1.79 bits per heavy atom. The standard InChI is InChI=1S/C22H21NO5/c1-14(24)28-21-16-10-13-27-22(16)20(26)17(18(21)23-11-6-3-7-12-23)19(25)15-8-4-2-5-9-15/h2,4-5,8-10,13,26H,3,6-7,11-12H2,1H3. The topological polar surface area (TPSA) is 80.0 Å². The Hall–Kier alpha value is -3.28. The largest absolute Gasteiger partial charge is 0.504 e. The summed E-state index contributed by atoms with van der Waals surface area (Å²) in [6, 6.07) is 10.4. The van der Waals surface area contributed by atoms with Crippen molar-refractivity contribution >= 4 is 28.4 Å². The Kier molecular flexibility index (Phi) is 4.77. The van der Waals surface area contributed by atoms with E-state index in [-0.39, 0.29) is 28.4 Å². The van der Waals surface area contributed by atoms with E-state index in [0.29, 0.717) is 29.7 Å². The van der Waals surface area contributed by atoms with Gasteiger partial charge in [-0.25, -0.2) is 0 Å². The number of aromatic hydroxyl groups is 1. The van der Waals surface area contributed by atoms with Gasteiger partial charge in [-0.1, -0.05) is 30.3 Å². The summed E-state index contributed by atoms with van der Waals surface area (Å²) in [6.45, 7) is 2.75. The van der Waals surface area contributed by atoms with Crippen LogP contribution in [0.5, 0.6) is 11.5 Å². The number of furan rings is 1. The maximum absolute atomic E-state index is 13.4. The molecular weight excluding hydrogens is 358 g/mol. The molecule has 1 aliphatic heterocycles. The molecule has 0 radical (unpaired) electrons. The van der Waals surface area contributed by atoms with Gasteiger partial charge in [-0.05, 0) is 25.3 Å². The van der Waals surface area contributed by atoms with Crippen molar-refractivity contribution in [3.8, 4) is 11.5 Å². The van der Waals surface area contributed by atoms with Gasteiger partial charge in [0.1, 0.15) is 0 Å². The average Bonchev–Trinajstić information content (AvgIpc) is 3.21. The van der Waals surface area contributed by atoms with Crippen molar-refractivity contribution in [1.29, 1.82) is 0 Å². The second-order valence-electron chi connectivity index (χ2n) is 6.90. The van der Waals surface area contributed by atoms with Gasteiger partial charge in [-0.3, -0.25) is 9.59 Å². The SMILES string of the molecule is CC(=O)Oc1c(N2CCCCC2)c(C(=O)c2ccccc2)c(O)c2occc12. The third kappa shape index (κ3) is 3.11. The zero-order valence-electron chi connectivity index (χ0n) is 15.6. The molecule has 6 nitrogen and oxygen atoms in total. The lowest BCUT2D eigenvalue weighted by Gasteiger charge is -2.32. The molecule has 1 aliphatic rings. The minimum atomic E-state index is -0.496. The molecular formula is C22H21NO5. The molecule has 3 aromatic rings. The van der Waals surface area contributed by atoms with E-state index in [1.807, 2.05) is 11.0 Å². The number of esters is 1. The number of ether oxygens (including phenoxy) is 1. The van der Waals surface area contributed by atoms with Crippen LogP contribution in [0.1, 0.15) is 42.1 Å². The summed E-state index contributed by atoms with van der Waals surface area (Å²) in [4.78, 5) is 27.2. The lowest BCUT2D eigenvalue weighted by molar-refractivity contribution is -0.131. The zero-order chi connectivity index (χ0) is 19.7. The second kappa shape index (κ2) is 7.38. The Bertz CT molecular complexity index is 1030. The van der Waals surface area contributed by atoms with Crippen molar-refractivity contribution in [3.05, 3.63) is 53.8 Å². The molecule has 1 fully saturated rings. The Morgan fingerprint density at radius 1 is 1.07 bits per heavy atom. The summed E-state index contributed by atoms with van der Waals surface area (Å²) in [6.07, 6.45) is 4.43. The quantitative estimate of drug-likeness (QED) is 0.414. The van der Waals surface area contributed by atoms with E-state index in [1.54, 1.807) is 30.3 Å². The molecule has 4 rings (SSSR count). The second-order valence-corrected chi connectivity index (χ2v) is 6.90. The van der Waals surface area contributed by atoms with Crippen LogP contribution < -0.4 is 9.64 Å². The van der Waals surface area contributed by atoms with Crippen LogP contribution in [0.4, 0.5) is 5.69 Å². The van der Waals surface area contributed by atoms with Crippen molar-refractivity contribution in [2.24, 2.45) is 0 Å². The van der Waals surface area contributed by atoms with Crippen molar-refractivity contribution in [3.63, 3.8) is 0 Å². The molecule has 0 spiro atoms. The van der Waals surface area contributed by atoms with Gasteiger partial charge in [0.25, 0.3) is 0 Å². The Balaban J connectivity index is 2.02.